The van der Waals surface area contributed by atoms with Crippen LogP contribution in [0.1, 0.15) is 33.0 Å². The highest BCUT2D eigenvalue weighted by Gasteiger charge is 2.15. The van der Waals surface area contributed by atoms with Crippen LogP contribution >= 0.6 is 11.6 Å². The molecule has 0 aliphatic rings. The van der Waals surface area contributed by atoms with Crippen LogP contribution in [0.25, 0.3) is 11.0 Å². The third-order valence-corrected chi connectivity index (χ3v) is 5.43. The molecule has 0 saturated carbocycles. The van der Waals surface area contributed by atoms with Gasteiger partial charge < -0.3 is 9.88 Å². The Kier molecular flexibility index (Phi) is 6.61. The van der Waals surface area contributed by atoms with E-state index >= 15 is 0 Å². The topological polar surface area (TPSA) is 64.0 Å². The molecular formula is C25H21ClFN3O2. The summed E-state index contributed by atoms with van der Waals surface area (Å²) in [6.07, 6.45) is 1.15. The van der Waals surface area contributed by atoms with Crippen LogP contribution in [0.15, 0.2) is 72.8 Å². The fraction of sp³-hybridized carbons (Fsp3) is 0.160. The normalized spacial score (nSPS) is 10.9. The molecule has 162 valence electrons. The van der Waals surface area contributed by atoms with Crippen LogP contribution in [-0.4, -0.2) is 27.8 Å². The van der Waals surface area contributed by atoms with E-state index in [9.17, 15) is 14.0 Å². The molecule has 0 unspecified atom stereocenters. The molecule has 0 aliphatic carbocycles. The second-order valence-corrected chi connectivity index (χ2v) is 7.81. The van der Waals surface area contributed by atoms with Crippen molar-refractivity contribution in [2.45, 2.75) is 19.4 Å². The van der Waals surface area contributed by atoms with E-state index in [1.165, 1.54) is 12.1 Å². The number of hydrogen-bond donors (Lipinski definition) is 1. The average Bonchev–Trinajstić information content (AvgIpc) is 3.14. The third-order valence-electron chi connectivity index (χ3n) is 5.18. The van der Waals surface area contributed by atoms with Gasteiger partial charge in [0, 0.05) is 23.6 Å². The van der Waals surface area contributed by atoms with Crippen molar-refractivity contribution in [2.24, 2.45) is 0 Å². The Morgan fingerprint density at radius 1 is 0.969 bits per heavy atom. The fourth-order valence-corrected chi connectivity index (χ4v) is 3.68. The van der Waals surface area contributed by atoms with Crippen LogP contribution in [0.2, 0.25) is 5.02 Å². The summed E-state index contributed by atoms with van der Waals surface area (Å²) < 4.78 is 15.7. The number of para-hydroxylation sites is 2. The first-order valence-electron chi connectivity index (χ1n) is 10.3. The molecule has 1 N–H and O–H groups in total. The Balaban J connectivity index is 1.45. The monoisotopic (exact) mass is 449 g/mol. The minimum Gasteiger partial charge on any atom is -0.352 e. The van der Waals surface area contributed by atoms with Crippen LogP contribution in [-0.2, 0) is 13.0 Å². The van der Waals surface area contributed by atoms with E-state index in [2.05, 4.69) is 10.3 Å². The molecule has 1 amide bonds. The Hall–Kier alpha value is -3.51. The summed E-state index contributed by atoms with van der Waals surface area (Å²) in [6.45, 7) is 0.514. The summed E-state index contributed by atoms with van der Waals surface area (Å²) in [7, 11) is 0. The SMILES string of the molecule is O=C(Cn1c(CCCNC(=O)c2ccccc2F)nc2ccccc21)c1ccc(Cl)cc1. The molecule has 5 nitrogen and oxygen atoms in total. The lowest BCUT2D eigenvalue weighted by Crippen LogP contribution is -2.26. The number of halogens is 2. The molecule has 0 spiro atoms. The fourth-order valence-electron chi connectivity index (χ4n) is 3.55. The number of benzene rings is 3. The van der Waals surface area contributed by atoms with E-state index in [1.54, 1.807) is 36.4 Å². The number of hydrogen-bond acceptors (Lipinski definition) is 3. The summed E-state index contributed by atoms with van der Waals surface area (Å²) in [5.41, 5.74) is 2.28. The van der Waals surface area contributed by atoms with E-state index in [-0.39, 0.29) is 17.9 Å². The number of aryl methyl sites for hydroxylation is 1. The number of nitrogens with zero attached hydrogens (tertiary/aromatic N) is 2. The molecule has 4 rings (SSSR count). The maximum Gasteiger partial charge on any atom is 0.254 e. The third kappa shape index (κ3) is 4.86. The lowest BCUT2D eigenvalue weighted by atomic mass is 10.1. The maximum absolute atomic E-state index is 13.8. The van der Waals surface area contributed by atoms with Gasteiger partial charge in [-0.25, -0.2) is 9.37 Å². The van der Waals surface area contributed by atoms with Crippen molar-refractivity contribution < 1.29 is 14.0 Å². The van der Waals surface area contributed by atoms with Crippen molar-refractivity contribution in [1.29, 1.82) is 0 Å². The Bertz CT molecular complexity index is 1270. The number of aromatic nitrogens is 2. The van der Waals surface area contributed by atoms with Gasteiger partial charge in [0.2, 0.25) is 0 Å². The van der Waals surface area contributed by atoms with E-state index in [0.29, 0.717) is 30.0 Å². The second kappa shape index (κ2) is 9.75. The van der Waals surface area contributed by atoms with Crippen LogP contribution < -0.4 is 5.32 Å². The highest BCUT2D eigenvalue weighted by Crippen LogP contribution is 2.19. The van der Waals surface area contributed by atoms with Crippen LogP contribution in [0.5, 0.6) is 0 Å². The first-order chi connectivity index (χ1) is 15.5. The van der Waals surface area contributed by atoms with Crippen molar-refractivity contribution in [3.05, 3.63) is 101 Å². The molecule has 4 aromatic rings. The number of imidazole rings is 1. The van der Waals surface area contributed by atoms with E-state index in [4.69, 9.17) is 11.6 Å². The summed E-state index contributed by atoms with van der Waals surface area (Å²) >= 11 is 5.93. The smallest absolute Gasteiger partial charge is 0.254 e. The first-order valence-corrected chi connectivity index (χ1v) is 10.7. The van der Waals surface area contributed by atoms with E-state index in [1.807, 2.05) is 28.8 Å². The van der Waals surface area contributed by atoms with Gasteiger partial charge >= 0.3 is 0 Å². The molecule has 0 atom stereocenters. The molecule has 0 saturated heterocycles. The molecule has 0 aliphatic heterocycles. The number of fused-ring (bicyclic) bond motifs is 1. The largest absolute Gasteiger partial charge is 0.352 e. The van der Waals surface area contributed by atoms with Crippen molar-refractivity contribution >= 4 is 34.3 Å². The standard InChI is InChI=1S/C25H21ClFN3O2/c26-18-13-11-17(12-14-18)23(31)16-30-22-9-4-3-8-21(22)29-24(30)10-5-15-28-25(32)19-6-1-2-7-20(19)27/h1-4,6-9,11-14H,5,10,15-16H2,(H,28,32). The molecule has 7 heteroatoms. The number of amides is 1. The number of carbonyl (C=O) groups excluding carboxylic acids is 2. The van der Waals surface area contributed by atoms with E-state index < -0.39 is 11.7 Å². The molecule has 0 bridgehead atoms. The zero-order valence-corrected chi connectivity index (χ0v) is 18.0. The van der Waals surface area contributed by atoms with Crippen molar-refractivity contribution in [1.82, 2.24) is 14.9 Å². The van der Waals surface area contributed by atoms with Gasteiger partial charge in [-0.1, -0.05) is 35.9 Å². The number of nitrogens with one attached hydrogen (secondary N) is 1. The Morgan fingerprint density at radius 2 is 1.69 bits per heavy atom. The van der Waals surface area contributed by atoms with Gasteiger partial charge in [-0.05, 0) is 55.0 Å². The zero-order chi connectivity index (χ0) is 22.5. The van der Waals surface area contributed by atoms with Gasteiger partial charge in [0.25, 0.3) is 5.91 Å². The molecular weight excluding hydrogens is 429 g/mol. The molecule has 1 aromatic heterocycles. The number of rotatable bonds is 8. The van der Waals surface area contributed by atoms with Gasteiger partial charge in [0.1, 0.15) is 11.6 Å². The van der Waals surface area contributed by atoms with Gasteiger partial charge in [-0.15, -0.1) is 0 Å². The van der Waals surface area contributed by atoms with Crippen LogP contribution in [0.3, 0.4) is 0 Å². The van der Waals surface area contributed by atoms with Crippen LogP contribution in [0, 0.1) is 5.82 Å². The number of ketones is 1. The van der Waals surface area contributed by atoms with Crippen molar-refractivity contribution in [2.75, 3.05) is 6.54 Å². The summed E-state index contributed by atoms with van der Waals surface area (Å²) in [6, 6.07) is 20.3. The highest BCUT2D eigenvalue weighted by molar-refractivity contribution is 6.30. The summed E-state index contributed by atoms with van der Waals surface area (Å²) in [4.78, 5) is 29.7. The van der Waals surface area contributed by atoms with E-state index in [0.717, 1.165) is 16.9 Å². The Labute approximate surface area is 189 Å². The molecule has 0 radical (unpaired) electrons. The Morgan fingerprint density at radius 3 is 2.47 bits per heavy atom. The summed E-state index contributed by atoms with van der Waals surface area (Å²) in [5.74, 6) is -0.283. The predicted octanol–water partition coefficient (Wildman–Crippen LogP) is 5.07. The summed E-state index contributed by atoms with van der Waals surface area (Å²) in [5, 5.41) is 3.32. The highest BCUT2D eigenvalue weighted by atomic mass is 35.5. The van der Waals surface area contributed by atoms with Gasteiger partial charge in [0.15, 0.2) is 5.78 Å². The van der Waals surface area contributed by atoms with Gasteiger partial charge in [-0.2, -0.15) is 0 Å². The first kappa shape index (κ1) is 21.7. The minimum absolute atomic E-state index is 0.0216. The lowest BCUT2D eigenvalue weighted by molar-refractivity contribution is 0.0947. The average molecular weight is 450 g/mol. The zero-order valence-electron chi connectivity index (χ0n) is 17.2. The quantitative estimate of drug-likeness (QED) is 0.301. The van der Waals surface area contributed by atoms with Gasteiger partial charge in [0.05, 0.1) is 23.1 Å². The molecule has 3 aromatic carbocycles. The van der Waals surface area contributed by atoms with Gasteiger partial charge in [-0.3, -0.25) is 9.59 Å². The minimum atomic E-state index is -0.549. The molecule has 32 heavy (non-hydrogen) atoms. The molecule has 1 heterocycles. The molecule has 0 fully saturated rings. The van der Waals surface area contributed by atoms with Crippen LogP contribution in [0.4, 0.5) is 4.39 Å². The number of Topliss-reactive ketones (excluding diaryl/α,β-unsaturated/α-hetero) is 1. The van der Waals surface area contributed by atoms with Crippen molar-refractivity contribution in [3.63, 3.8) is 0 Å². The number of carbonyl (C=O) groups is 2. The predicted molar refractivity (Wildman–Crippen MR) is 123 cm³/mol. The lowest BCUT2D eigenvalue weighted by Gasteiger charge is -2.10. The maximum atomic E-state index is 13.8. The second-order valence-electron chi connectivity index (χ2n) is 7.37. The van der Waals surface area contributed by atoms with Crippen molar-refractivity contribution in [3.8, 4) is 0 Å².